The molecular formula is C11H19N. The molecule has 1 aromatic rings. The van der Waals surface area contributed by atoms with Gasteiger partial charge in [0, 0.05) is 11.4 Å². The predicted molar refractivity (Wildman–Crippen MR) is 54.4 cm³/mol. The van der Waals surface area contributed by atoms with Crippen LogP contribution in [0.2, 0.25) is 0 Å². The fraction of sp³-hybridized carbons (Fsp3) is 0.545. The average molecular weight is 165 g/mol. The normalized spacial score (nSPS) is 9.17. The van der Waals surface area contributed by atoms with Gasteiger partial charge in [-0.05, 0) is 25.0 Å². The van der Waals surface area contributed by atoms with Crippen LogP contribution in [0.3, 0.4) is 0 Å². The van der Waals surface area contributed by atoms with Gasteiger partial charge in [-0.1, -0.05) is 33.8 Å². The lowest BCUT2D eigenvalue weighted by Crippen LogP contribution is -1.92. The Hall–Kier alpha value is -0.850. The van der Waals surface area contributed by atoms with Crippen molar-refractivity contribution in [3.63, 3.8) is 0 Å². The van der Waals surface area contributed by atoms with Crippen molar-refractivity contribution in [3.8, 4) is 0 Å². The van der Waals surface area contributed by atoms with Crippen LogP contribution in [-0.2, 0) is 0 Å². The highest BCUT2D eigenvalue weighted by atomic mass is 14.7. The molecule has 0 spiro atoms. The number of hydrogen-bond acceptors (Lipinski definition) is 1. The van der Waals surface area contributed by atoms with E-state index < -0.39 is 0 Å². The van der Waals surface area contributed by atoms with Crippen LogP contribution in [0.5, 0.6) is 0 Å². The molecule has 0 aromatic carbocycles. The SMILES string of the molecule is CC.Cc1cccc(C(C)C)n1. The molecule has 1 heteroatoms. The summed E-state index contributed by atoms with van der Waals surface area (Å²) in [6.07, 6.45) is 0. The third kappa shape index (κ3) is 3.51. The largest absolute Gasteiger partial charge is 0.258 e. The van der Waals surface area contributed by atoms with Crippen LogP contribution in [0.15, 0.2) is 18.2 Å². The van der Waals surface area contributed by atoms with Gasteiger partial charge in [-0.2, -0.15) is 0 Å². The van der Waals surface area contributed by atoms with E-state index in [-0.39, 0.29) is 0 Å². The van der Waals surface area contributed by atoms with Crippen LogP contribution in [0, 0.1) is 6.92 Å². The van der Waals surface area contributed by atoms with Crippen LogP contribution >= 0.6 is 0 Å². The van der Waals surface area contributed by atoms with Gasteiger partial charge >= 0.3 is 0 Å². The van der Waals surface area contributed by atoms with Gasteiger partial charge in [0.2, 0.25) is 0 Å². The minimum atomic E-state index is 0.542. The topological polar surface area (TPSA) is 12.9 Å². The van der Waals surface area contributed by atoms with E-state index in [9.17, 15) is 0 Å². The van der Waals surface area contributed by atoms with Gasteiger partial charge in [-0.25, -0.2) is 0 Å². The minimum Gasteiger partial charge on any atom is -0.258 e. The monoisotopic (exact) mass is 165 g/mol. The van der Waals surface area contributed by atoms with Crippen LogP contribution < -0.4 is 0 Å². The number of nitrogens with zero attached hydrogens (tertiary/aromatic N) is 1. The van der Waals surface area contributed by atoms with E-state index in [1.807, 2.05) is 26.8 Å². The Balaban J connectivity index is 0.000000561. The van der Waals surface area contributed by atoms with Crippen molar-refractivity contribution in [1.29, 1.82) is 0 Å². The third-order valence-corrected chi connectivity index (χ3v) is 1.50. The van der Waals surface area contributed by atoms with Crippen LogP contribution in [0.1, 0.15) is 45.0 Å². The first-order chi connectivity index (χ1) is 5.70. The maximum atomic E-state index is 4.37. The summed E-state index contributed by atoms with van der Waals surface area (Å²) < 4.78 is 0. The van der Waals surface area contributed by atoms with Gasteiger partial charge < -0.3 is 0 Å². The Morgan fingerprint density at radius 2 is 1.75 bits per heavy atom. The van der Waals surface area contributed by atoms with Crippen molar-refractivity contribution >= 4 is 0 Å². The quantitative estimate of drug-likeness (QED) is 0.620. The van der Waals surface area contributed by atoms with E-state index in [4.69, 9.17) is 0 Å². The fourth-order valence-electron chi connectivity index (χ4n) is 0.886. The molecule has 0 fully saturated rings. The Kier molecular flexibility index (Phi) is 5.35. The highest BCUT2D eigenvalue weighted by Crippen LogP contribution is 2.10. The molecule has 0 aliphatic carbocycles. The maximum Gasteiger partial charge on any atom is 0.0432 e. The smallest absolute Gasteiger partial charge is 0.0432 e. The second-order valence-electron chi connectivity index (χ2n) is 2.86. The average Bonchev–Trinajstić information content (AvgIpc) is 2.08. The van der Waals surface area contributed by atoms with Gasteiger partial charge in [-0.15, -0.1) is 0 Å². The van der Waals surface area contributed by atoms with E-state index >= 15 is 0 Å². The third-order valence-electron chi connectivity index (χ3n) is 1.50. The second-order valence-corrected chi connectivity index (χ2v) is 2.86. The van der Waals surface area contributed by atoms with Gasteiger partial charge in [0.15, 0.2) is 0 Å². The summed E-state index contributed by atoms with van der Waals surface area (Å²) >= 11 is 0. The van der Waals surface area contributed by atoms with Crippen molar-refractivity contribution in [2.75, 3.05) is 0 Å². The molecule has 68 valence electrons. The fourth-order valence-corrected chi connectivity index (χ4v) is 0.886. The maximum absolute atomic E-state index is 4.37. The summed E-state index contributed by atoms with van der Waals surface area (Å²) in [5, 5.41) is 0. The molecular weight excluding hydrogens is 146 g/mol. The summed E-state index contributed by atoms with van der Waals surface area (Å²) in [4.78, 5) is 4.37. The molecule has 0 saturated carbocycles. The number of hydrogen-bond donors (Lipinski definition) is 0. The first-order valence-corrected chi connectivity index (χ1v) is 4.63. The van der Waals surface area contributed by atoms with E-state index in [1.165, 1.54) is 5.69 Å². The molecule has 0 aliphatic heterocycles. The summed E-state index contributed by atoms with van der Waals surface area (Å²) in [6.45, 7) is 10.3. The molecule has 0 aliphatic rings. The molecule has 0 amide bonds. The van der Waals surface area contributed by atoms with E-state index in [0.717, 1.165) is 5.69 Å². The molecule has 0 bridgehead atoms. The van der Waals surface area contributed by atoms with Crippen molar-refractivity contribution < 1.29 is 0 Å². The van der Waals surface area contributed by atoms with Crippen molar-refractivity contribution in [1.82, 2.24) is 4.98 Å². The highest BCUT2D eigenvalue weighted by Gasteiger charge is 1.97. The molecule has 12 heavy (non-hydrogen) atoms. The molecule has 0 unspecified atom stereocenters. The molecule has 0 radical (unpaired) electrons. The zero-order valence-electron chi connectivity index (χ0n) is 8.76. The van der Waals surface area contributed by atoms with Crippen LogP contribution in [0.25, 0.3) is 0 Å². The molecule has 1 aromatic heterocycles. The standard InChI is InChI=1S/C9H13N.C2H6/c1-7(2)9-6-4-5-8(3)10-9;1-2/h4-7H,1-3H3;1-2H3. The first-order valence-electron chi connectivity index (χ1n) is 4.63. The summed E-state index contributed by atoms with van der Waals surface area (Å²) in [7, 11) is 0. The van der Waals surface area contributed by atoms with Gasteiger partial charge in [-0.3, -0.25) is 4.98 Å². The summed E-state index contributed by atoms with van der Waals surface area (Å²) in [5.74, 6) is 0.542. The Labute approximate surface area is 75.8 Å². The molecule has 1 heterocycles. The lowest BCUT2D eigenvalue weighted by atomic mass is 10.1. The number of aryl methyl sites for hydroxylation is 1. The van der Waals surface area contributed by atoms with Crippen molar-refractivity contribution in [2.45, 2.75) is 40.5 Å². The predicted octanol–water partition coefficient (Wildman–Crippen LogP) is 3.54. The van der Waals surface area contributed by atoms with Crippen LogP contribution in [-0.4, -0.2) is 4.98 Å². The van der Waals surface area contributed by atoms with E-state index in [2.05, 4.69) is 31.0 Å². The molecule has 0 atom stereocenters. The number of aromatic nitrogens is 1. The zero-order valence-corrected chi connectivity index (χ0v) is 8.76. The van der Waals surface area contributed by atoms with Crippen LogP contribution in [0.4, 0.5) is 0 Å². The minimum absolute atomic E-state index is 0.542. The summed E-state index contributed by atoms with van der Waals surface area (Å²) in [6, 6.07) is 6.14. The molecule has 0 saturated heterocycles. The van der Waals surface area contributed by atoms with E-state index in [0.29, 0.717) is 5.92 Å². The molecule has 1 nitrogen and oxygen atoms in total. The number of rotatable bonds is 1. The van der Waals surface area contributed by atoms with Gasteiger partial charge in [0.25, 0.3) is 0 Å². The van der Waals surface area contributed by atoms with Gasteiger partial charge in [0.1, 0.15) is 0 Å². The first kappa shape index (κ1) is 11.2. The molecule has 0 N–H and O–H groups in total. The highest BCUT2D eigenvalue weighted by molar-refractivity contribution is 5.12. The van der Waals surface area contributed by atoms with Crippen molar-refractivity contribution in [3.05, 3.63) is 29.6 Å². The number of pyridine rings is 1. The lowest BCUT2D eigenvalue weighted by Gasteiger charge is -2.03. The lowest BCUT2D eigenvalue weighted by molar-refractivity contribution is 0.815. The van der Waals surface area contributed by atoms with Crippen molar-refractivity contribution in [2.24, 2.45) is 0 Å². The Morgan fingerprint density at radius 3 is 2.08 bits per heavy atom. The Morgan fingerprint density at radius 1 is 1.17 bits per heavy atom. The molecule has 1 rings (SSSR count). The summed E-state index contributed by atoms with van der Waals surface area (Å²) in [5.41, 5.74) is 2.28. The van der Waals surface area contributed by atoms with E-state index in [1.54, 1.807) is 0 Å². The van der Waals surface area contributed by atoms with Gasteiger partial charge in [0.05, 0.1) is 0 Å². The second kappa shape index (κ2) is 5.76. The zero-order chi connectivity index (χ0) is 9.56. The Bertz CT molecular complexity index is 216.